The first kappa shape index (κ1) is 19.7. The maximum atomic E-state index is 12.4. The summed E-state index contributed by atoms with van der Waals surface area (Å²) >= 11 is 0. The Balaban J connectivity index is 1.79. The van der Waals surface area contributed by atoms with E-state index in [-0.39, 0.29) is 0 Å². The molecule has 0 aromatic heterocycles. The SMILES string of the molecule is COc1cc2c(cc1OC)CN(Cc1cccc(S(=O)(=O)N(C)C)c1)CC2. The van der Waals surface area contributed by atoms with Crippen molar-refractivity contribution < 1.29 is 17.9 Å². The Labute approximate surface area is 161 Å². The first-order chi connectivity index (χ1) is 12.8. The molecule has 2 aromatic rings. The second kappa shape index (κ2) is 7.88. The van der Waals surface area contributed by atoms with Gasteiger partial charge in [0.15, 0.2) is 11.5 Å². The van der Waals surface area contributed by atoms with Gasteiger partial charge in [-0.25, -0.2) is 12.7 Å². The highest BCUT2D eigenvalue weighted by atomic mass is 32.2. The van der Waals surface area contributed by atoms with Crippen molar-refractivity contribution in [2.45, 2.75) is 24.4 Å². The Morgan fingerprint density at radius 2 is 1.70 bits per heavy atom. The highest BCUT2D eigenvalue weighted by Gasteiger charge is 2.21. The number of hydrogen-bond acceptors (Lipinski definition) is 5. The van der Waals surface area contributed by atoms with E-state index in [0.717, 1.165) is 36.6 Å². The Hall–Kier alpha value is -2.09. The number of hydrogen-bond donors (Lipinski definition) is 0. The number of fused-ring (bicyclic) bond motifs is 1. The quantitative estimate of drug-likeness (QED) is 0.759. The zero-order valence-electron chi connectivity index (χ0n) is 16.2. The standard InChI is InChI=1S/C20H26N2O4S/c1-21(2)27(23,24)18-7-5-6-15(10-18)13-22-9-8-16-11-19(25-3)20(26-4)12-17(16)14-22/h5-7,10-12H,8-9,13-14H2,1-4H3. The largest absolute Gasteiger partial charge is 0.493 e. The maximum absolute atomic E-state index is 12.4. The molecule has 0 radical (unpaired) electrons. The zero-order valence-corrected chi connectivity index (χ0v) is 17.0. The molecule has 0 fully saturated rings. The fourth-order valence-corrected chi connectivity index (χ4v) is 4.32. The summed E-state index contributed by atoms with van der Waals surface area (Å²) in [6.45, 7) is 2.40. The third-order valence-electron chi connectivity index (χ3n) is 4.88. The van der Waals surface area contributed by atoms with Crippen LogP contribution in [0.15, 0.2) is 41.3 Å². The van der Waals surface area contributed by atoms with E-state index in [9.17, 15) is 8.42 Å². The molecule has 0 amide bonds. The lowest BCUT2D eigenvalue weighted by Gasteiger charge is -2.29. The summed E-state index contributed by atoms with van der Waals surface area (Å²) in [6.07, 6.45) is 0.922. The predicted octanol–water partition coefficient (Wildman–Crippen LogP) is 2.51. The lowest BCUT2D eigenvalue weighted by atomic mass is 9.98. The predicted molar refractivity (Wildman–Crippen MR) is 105 cm³/mol. The molecule has 0 unspecified atom stereocenters. The van der Waals surface area contributed by atoms with E-state index in [1.54, 1.807) is 46.5 Å². The summed E-state index contributed by atoms with van der Waals surface area (Å²) in [4.78, 5) is 2.64. The van der Waals surface area contributed by atoms with Gasteiger partial charge in [-0.15, -0.1) is 0 Å². The van der Waals surface area contributed by atoms with E-state index in [2.05, 4.69) is 11.0 Å². The van der Waals surface area contributed by atoms with Crippen molar-refractivity contribution >= 4 is 10.0 Å². The van der Waals surface area contributed by atoms with Gasteiger partial charge in [-0.1, -0.05) is 12.1 Å². The molecule has 1 aliphatic heterocycles. The van der Waals surface area contributed by atoms with E-state index < -0.39 is 10.0 Å². The molecule has 6 nitrogen and oxygen atoms in total. The topological polar surface area (TPSA) is 59.1 Å². The summed E-state index contributed by atoms with van der Waals surface area (Å²) in [7, 11) is 2.96. The van der Waals surface area contributed by atoms with Crippen molar-refractivity contribution in [2.24, 2.45) is 0 Å². The minimum atomic E-state index is -3.42. The van der Waals surface area contributed by atoms with Crippen LogP contribution in [-0.4, -0.2) is 52.5 Å². The van der Waals surface area contributed by atoms with Crippen molar-refractivity contribution in [2.75, 3.05) is 34.9 Å². The van der Waals surface area contributed by atoms with Gasteiger partial charge in [0.05, 0.1) is 19.1 Å². The van der Waals surface area contributed by atoms with Crippen LogP contribution in [0.3, 0.4) is 0 Å². The van der Waals surface area contributed by atoms with Crippen LogP contribution in [0.25, 0.3) is 0 Å². The molecule has 146 valence electrons. The average Bonchev–Trinajstić information content (AvgIpc) is 2.66. The Bertz CT molecular complexity index is 926. The van der Waals surface area contributed by atoms with E-state index in [1.807, 2.05) is 12.1 Å². The molecule has 3 rings (SSSR count). The monoisotopic (exact) mass is 390 g/mol. The smallest absolute Gasteiger partial charge is 0.242 e. The summed E-state index contributed by atoms with van der Waals surface area (Å²) in [5.41, 5.74) is 3.48. The second-order valence-corrected chi connectivity index (χ2v) is 9.02. The molecule has 0 N–H and O–H groups in total. The molecule has 0 aliphatic carbocycles. The molecule has 1 aliphatic rings. The van der Waals surface area contributed by atoms with Crippen molar-refractivity contribution in [1.82, 2.24) is 9.21 Å². The number of rotatable bonds is 6. The maximum Gasteiger partial charge on any atom is 0.242 e. The van der Waals surface area contributed by atoms with Gasteiger partial charge < -0.3 is 9.47 Å². The van der Waals surface area contributed by atoms with Crippen molar-refractivity contribution in [3.63, 3.8) is 0 Å². The lowest BCUT2D eigenvalue weighted by molar-refractivity contribution is 0.244. The molecule has 0 saturated carbocycles. The zero-order chi connectivity index (χ0) is 19.6. The van der Waals surface area contributed by atoms with E-state index in [1.165, 1.54) is 15.4 Å². The van der Waals surface area contributed by atoms with Crippen LogP contribution in [0.2, 0.25) is 0 Å². The molecule has 1 heterocycles. The van der Waals surface area contributed by atoms with Crippen LogP contribution in [0.4, 0.5) is 0 Å². The highest BCUT2D eigenvalue weighted by molar-refractivity contribution is 7.89. The van der Waals surface area contributed by atoms with Gasteiger partial charge in [-0.3, -0.25) is 4.90 Å². The highest BCUT2D eigenvalue weighted by Crippen LogP contribution is 2.33. The Morgan fingerprint density at radius 1 is 1.04 bits per heavy atom. The molecule has 0 atom stereocenters. The van der Waals surface area contributed by atoms with E-state index in [4.69, 9.17) is 9.47 Å². The first-order valence-electron chi connectivity index (χ1n) is 8.82. The first-order valence-corrected chi connectivity index (χ1v) is 10.3. The fraction of sp³-hybridized carbons (Fsp3) is 0.400. The number of benzene rings is 2. The summed E-state index contributed by atoms with van der Waals surface area (Å²) in [5, 5.41) is 0. The van der Waals surface area contributed by atoms with Gasteiger partial charge in [-0.2, -0.15) is 0 Å². The minimum Gasteiger partial charge on any atom is -0.493 e. The Kier molecular flexibility index (Phi) is 5.74. The van der Waals surface area contributed by atoms with Crippen LogP contribution in [0.5, 0.6) is 11.5 Å². The molecule has 27 heavy (non-hydrogen) atoms. The second-order valence-electron chi connectivity index (χ2n) is 6.87. The van der Waals surface area contributed by atoms with Crippen LogP contribution in [-0.2, 0) is 29.5 Å². The molecule has 7 heteroatoms. The van der Waals surface area contributed by atoms with Crippen molar-refractivity contribution in [3.05, 3.63) is 53.1 Å². The molecule has 2 aromatic carbocycles. The summed E-state index contributed by atoms with van der Waals surface area (Å²) in [5.74, 6) is 1.49. The Morgan fingerprint density at radius 3 is 2.33 bits per heavy atom. The van der Waals surface area contributed by atoms with Crippen LogP contribution >= 0.6 is 0 Å². The third-order valence-corrected chi connectivity index (χ3v) is 6.69. The minimum absolute atomic E-state index is 0.328. The normalized spacial score (nSPS) is 14.9. The number of ether oxygens (including phenoxy) is 2. The van der Waals surface area contributed by atoms with E-state index >= 15 is 0 Å². The molecular formula is C20H26N2O4S. The van der Waals surface area contributed by atoms with Gasteiger partial charge in [0.25, 0.3) is 0 Å². The summed E-state index contributed by atoms with van der Waals surface area (Å²) < 4.78 is 36.8. The number of nitrogens with zero attached hydrogens (tertiary/aromatic N) is 2. The summed E-state index contributed by atoms with van der Waals surface area (Å²) in [6, 6.07) is 11.3. The van der Waals surface area contributed by atoms with Crippen molar-refractivity contribution in [3.8, 4) is 11.5 Å². The van der Waals surface area contributed by atoms with Crippen LogP contribution in [0, 0.1) is 0 Å². The molecule has 0 bridgehead atoms. The lowest BCUT2D eigenvalue weighted by Crippen LogP contribution is -2.30. The molecule has 0 spiro atoms. The van der Waals surface area contributed by atoms with Crippen molar-refractivity contribution in [1.29, 1.82) is 0 Å². The van der Waals surface area contributed by atoms with Gasteiger partial charge in [0, 0.05) is 33.7 Å². The average molecular weight is 391 g/mol. The van der Waals surface area contributed by atoms with Crippen LogP contribution in [0.1, 0.15) is 16.7 Å². The molecular weight excluding hydrogens is 364 g/mol. The van der Waals surface area contributed by atoms with Crippen LogP contribution < -0.4 is 9.47 Å². The third kappa shape index (κ3) is 4.10. The fourth-order valence-electron chi connectivity index (χ4n) is 3.35. The van der Waals surface area contributed by atoms with Gasteiger partial charge in [-0.05, 0) is 47.4 Å². The number of sulfonamides is 1. The number of methoxy groups -OCH3 is 2. The van der Waals surface area contributed by atoms with Gasteiger partial charge in [0.2, 0.25) is 10.0 Å². The van der Waals surface area contributed by atoms with Gasteiger partial charge >= 0.3 is 0 Å². The van der Waals surface area contributed by atoms with Gasteiger partial charge in [0.1, 0.15) is 0 Å². The molecule has 0 saturated heterocycles. The van der Waals surface area contributed by atoms with E-state index in [0.29, 0.717) is 11.4 Å².